The summed E-state index contributed by atoms with van der Waals surface area (Å²) in [5, 5.41) is -0.0219. The molecule has 2 aromatic rings. The fourth-order valence-corrected chi connectivity index (χ4v) is 2.93. The molecule has 0 aliphatic heterocycles. The van der Waals surface area contributed by atoms with Crippen molar-refractivity contribution >= 4 is 33.4 Å². The minimum atomic E-state index is -3.81. The SMILES string of the molecule is CNS(=O)(=O)c1cc(C(=O)NNC(=O)c2ccc[nH]2)ccc1Cl. The number of aromatic nitrogens is 1. The van der Waals surface area contributed by atoms with Crippen LogP contribution in [0.1, 0.15) is 20.8 Å². The van der Waals surface area contributed by atoms with Crippen molar-refractivity contribution in [1.82, 2.24) is 20.6 Å². The molecule has 1 aromatic carbocycles. The van der Waals surface area contributed by atoms with Crippen LogP contribution in [-0.4, -0.2) is 32.3 Å². The molecule has 0 unspecified atom stereocenters. The first-order chi connectivity index (χ1) is 10.8. The fraction of sp³-hybridized carbons (Fsp3) is 0.0769. The first-order valence-electron chi connectivity index (χ1n) is 6.32. The Morgan fingerprint density at radius 2 is 1.83 bits per heavy atom. The minimum absolute atomic E-state index is 0.0219. The van der Waals surface area contributed by atoms with Crippen molar-refractivity contribution in [3.8, 4) is 0 Å². The Balaban J connectivity index is 2.14. The molecule has 1 aromatic heterocycles. The van der Waals surface area contributed by atoms with Crippen molar-refractivity contribution < 1.29 is 18.0 Å². The number of H-pyrrole nitrogens is 1. The number of rotatable bonds is 4. The van der Waals surface area contributed by atoms with Crippen molar-refractivity contribution in [1.29, 1.82) is 0 Å². The summed E-state index contributed by atoms with van der Waals surface area (Å²) in [5.41, 5.74) is 4.68. The number of carbonyl (C=O) groups is 2. The zero-order chi connectivity index (χ0) is 17.0. The van der Waals surface area contributed by atoms with Gasteiger partial charge in [-0.25, -0.2) is 13.1 Å². The first-order valence-corrected chi connectivity index (χ1v) is 8.18. The quantitative estimate of drug-likeness (QED) is 0.601. The maximum absolute atomic E-state index is 12.0. The Labute approximate surface area is 137 Å². The van der Waals surface area contributed by atoms with Crippen LogP contribution in [0.4, 0.5) is 0 Å². The Kier molecular flexibility index (Phi) is 5.04. The van der Waals surface area contributed by atoms with Gasteiger partial charge in [0.05, 0.1) is 5.02 Å². The van der Waals surface area contributed by atoms with E-state index in [1.807, 2.05) is 0 Å². The molecular weight excluding hydrogens is 344 g/mol. The van der Waals surface area contributed by atoms with Gasteiger partial charge >= 0.3 is 0 Å². The summed E-state index contributed by atoms with van der Waals surface area (Å²) in [4.78, 5) is 26.1. The smallest absolute Gasteiger partial charge is 0.286 e. The van der Waals surface area contributed by atoms with Gasteiger partial charge in [0.2, 0.25) is 10.0 Å². The first kappa shape index (κ1) is 17.0. The summed E-state index contributed by atoms with van der Waals surface area (Å²) in [6.07, 6.45) is 1.56. The van der Waals surface area contributed by atoms with E-state index in [9.17, 15) is 18.0 Å². The van der Waals surface area contributed by atoms with Crippen LogP contribution < -0.4 is 15.6 Å². The number of sulfonamides is 1. The molecule has 0 spiro atoms. The number of carbonyl (C=O) groups excluding carboxylic acids is 2. The van der Waals surface area contributed by atoms with Gasteiger partial charge < -0.3 is 4.98 Å². The molecule has 4 N–H and O–H groups in total. The lowest BCUT2D eigenvalue weighted by Gasteiger charge is -2.09. The highest BCUT2D eigenvalue weighted by atomic mass is 35.5. The topological polar surface area (TPSA) is 120 Å². The van der Waals surface area contributed by atoms with E-state index in [1.54, 1.807) is 12.3 Å². The van der Waals surface area contributed by atoms with Gasteiger partial charge in [-0.05, 0) is 37.4 Å². The molecule has 2 amide bonds. The number of benzene rings is 1. The Bertz CT molecular complexity index is 834. The molecule has 8 nitrogen and oxygen atoms in total. The van der Waals surface area contributed by atoms with Gasteiger partial charge in [-0.1, -0.05) is 11.6 Å². The monoisotopic (exact) mass is 356 g/mol. The molecule has 10 heteroatoms. The summed E-state index contributed by atoms with van der Waals surface area (Å²) in [6, 6.07) is 6.90. The van der Waals surface area contributed by atoms with Crippen LogP contribution in [0.3, 0.4) is 0 Å². The van der Waals surface area contributed by atoms with Gasteiger partial charge in [0.25, 0.3) is 11.8 Å². The van der Waals surface area contributed by atoms with E-state index in [0.717, 1.165) is 6.07 Å². The van der Waals surface area contributed by atoms with E-state index >= 15 is 0 Å². The van der Waals surface area contributed by atoms with Gasteiger partial charge in [-0.15, -0.1) is 0 Å². The van der Waals surface area contributed by atoms with E-state index in [-0.39, 0.29) is 21.2 Å². The molecule has 122 valence electrons. The van der Waals surface area contributed by atoms with Crippen LogP contribution in [-0.2, 0) is 10.0 Å². The van der Waals surface area contributed by atoms with E-state index in [4.69, 9.17) is 11.6 Å². The normalized spacial score (nSPS) is 11.0. The van der Waals surface area contributed by atoms with Crippen LogP contribution in [0.25, 0.3) is 0 Å². The Hall–Kier alpha value is -2.36. The summed E-state index contributed by atoms with van der Waals surface area (Å²) >= 11 is 5.83. The van der Waals surface area contributed by atoms with Gasteiger partial charge in [0.1, 0.15) is 10.6 Å². The summed E-state index contributed by atoms with van der Waals surface area (Å²) < 4.78 is 25.7. The van der Waals surface area contributed by atoms with Gasteiger partial charge in [-0.2, -0.15) is 0 Å². The number of hydrogen-bond donors (Lipinski definition) is 4. The molecule has 0 saturated heterocycles. The van der Waals surface area contributed by atoms with Crippen molar-refractivity contribution in [3.63, 3.8) is 0 Å². The minimum Gasteiger partial charge on any atom is -0.357 e. The predicted molar refractivity (Wildman–Crippen MR) is 83.4 cm³/mol. The molecule has 0 bridgehead atoms. The second kappa shape index (κ2) is 6.82. The average Bonchev–Trinajstić information content (AvgIpc) is 3.07. The number of amides is 2. The third-order valence-corrected chi connectivity index (χ3v) is 4.78. The van der Waals surface area contributed by atoms with Gasteiger partial charge in [-0.3, -0.25) is 20.4 Å². The molecule has 0 saturated carbocycles. The van der Waals surface area contributed by atoms with E-state index in [0.29, 0.717) is 0 Å². The van der Waals surface area contributed by atoms with E-state index in [2.05, 4.69) is 20.6 Å². The van der Waals surface area contributed by atoms with Gasteiger partial charge in [0, 0.05) is 11.8 Å². The van der Waals surface area contributed by atoms with E-state index in [1.165, 1.54) is 25.2 Å². The molecular formula is C13H13ClN4O4S. The summed E-state index contributed by atoms with van der Waals surface area (Å²) in [7, 11) is -2.57. The lowest BCUT2D eigenvalue weighted by Crippen LogP contribution is -2.41. The maximum Gasteiger partial charge on any atom is 0.286 e. The van der Waals surface area contributed by atoms with Crippen LogP contribution in [0.15, 0.2) is 41.4 Å². The molecule has 23 heavy (non-hydrogen) atoms. The molecule has 0 radical (unpaired) electrons. The van der Waals surface area contributed by atoms with Crippen molar-refractivity contribution in [3.05, 3.63) is 52.8 Å². The zero-order valence-electron chi connectivity index (χ0n) is 11.9. The lowest BCUT2D eigenvalue weighted by atomic mass is 10.2. The maximum atomic E-state index is 12.0. The second-order valence-corrected chi connectivity index (χ2v) is 6.61. The Morgan fingerprint density at radius 3 is 2.43 bits per heavy atom. The number of hydrazine groups is 1. The third-order valence-electron chi connectivity index (χ3n) is 2.88. The number of hydrogen-bond acceptors (Lipinski definition) is 4. The fourth-order valence-electron chi connectivity index (χ4n) is 1.69. The largest absolute Gasteiger partial charge is 0.357 e. The number of halogens is 1. The average molecular weight is 357 g/mol. The highest BCUT2D eigenvalue weighted by Crippen LogP contribution is 2.22. The molecule has 0 aliphatic rings. The van der Waals surface area contributed by atoms with Crippen molar-refractivity contribution in [2.24, 2.45) is 0 Å². The Morgan fingerprint density at radius 1 is 1.13 bits per heavy atom. The highest BCUT2D eigenvalue weighted by Gasteiger charge is 2.19. The number of aromatic amines is 1. The van der Waals surface area contributed by atoms with Crippen LogP contribution >= 0.6 is 11.6 Å². The molecule has 1 heterocycles. The van der Waals surface area contributed by atoms with Crippen LogP contribution in [0, 0.1) is 0 Å². The number of nitrogens with one attached hydrogen (secondary N) is 4. The van der Waals surface area contributed by atoms with Crippen LogP contribution in [0.2, 0.25) is 5.02 Å². The zero-order valence-corrected chi connectivity index (χ0v) is 13.5. The lowest BCUT2D eigenvalue weighted by molar-refractivity contribution is 0.0844. The molecule has 2 rings (SSSR count). The van der Waals surface area contributed by atoms with Gasteiger partial charge in [0.15, 0.2) is 0 Å². The standard InChI is InChI=1S/C13H13ClN4O4S/c1-15-23(21,22)11-7-8(4-5-9(11)14)12(19)17-18-13(20)10-3-2-6-16-10/h2-7,15-16H,1H3,(H,17,19)(H,18,20). The predicted octanol–water partition coefficient (Wildman–Crippen LogP) is 0.651. The molecule has 0 fully saturated rings. The second-order valence-electron chi connectivity index (χ2n) is 4.34. The molecule has 0 atom stereocenters. The van der Waals surface area contributed by atoms with E-state index < -0.39 is 21.8 Å². The van der Waals surface area contributed by atoms with Crippen molar-refractivity contribution in [2.45, 2.75) is 4.90 Å². The highest BCUT2D eigenvalue weighted by molar-refractivity contribution is 7.89. The summed E-state index contributed by atoms with van der Waals surface area (Å²) in [6.45, 7) is 0. The molecule has 0 aliphatic carbocycles. The van der Waals surface area contributed by atoms with Crippen molar-refractivity contribution in [2.75, 3.05) is 7.05 Å². The summed E-state index contributed by atoms with van der Waals surface area (Å²) in [5.74, 6) is -1.23. The van der Waals surface area contributed by atoms with Crippen LogP contribution in [0.5, 0.6) is 0 Å². The third kappa shape index (κ3) is 3.89.